The van der Waals surface area contributed by atoms with Crippen LogP contribution in [0.5, 0.6) is 0 Å². The van der Waals surface area contributed by atoms with Gasteiger partial charge in [-0.2, -0.15) is 0 Å². The van der Waals surface area contributed by atoms with E-state index >= 15 is 0 Å². The van der Waals surface area contributed by atoms with Crippen molar-refractivity contribution in [3.8, 4) is 11.3 Å². The van der Waals surface area contributed by atoms with Crippen molar-refractivity contribution < 1.29 is 4.92 Å². The van der Waals surface area contributed by atoms with Gasteiger partial charge >= 0.3 is 0 Å². The predicted octanol–water partition coefficient (Wildman–Crippen LogP) is 6.18. The molecule has 5 aromatic rings. The summed E-state index contributed by atoms with van der Waals surface area (Å²) in [5, 5.41) is 14.7. The van der Waals surface area contributed by atoms with Gasteiger partial charge in [0.2, 0.25) is 0 Å². The Kier molecular flexibility index (Phi) is 3.23. The Morgan fingerprint density at radius 2 is 1.54 bits per heavy atom. The molecule has 0 N–H and O–H groups in total. The molecule has 0 unspecified atom stereocenters. The summed E-state index contributed by atoms with van der Waals surface area (Å²) in [6.07, 6.45) is 0. The minimum Gasteiger partial charge on any atom is -0.258 e. The van der Waals surface area contributed by atoms with E-state index in [4.69, 9.17) is 4.98 Å². The summed E-state index contributed by atoms with van der Waals surface area (Å²) in [4.78, 5) is 16.1. The molecular formula is C21H12N2O2S. The molecule has 5 rings (SSSR count). The van der Waals surface area contributed by atoms with Gasteiger partial charge in [-0.25, -0.2) is 4.98 Å². The SMILES string of the molecule is O=[N+]([O-])c1ccccc1-c1nc2ccccc2c2sc3ccccc3c12. The maximum absolute atomic E-state index is 11.6. The topological polar surface area (TPSA) is 56.0 Å². The second-order valence-electron chi connectivity index (χ2n) is 6.05. The van der Waals surface area contributed by atoms with E-state index in [-0.39, 0.29) is 10.6 Å². The molecule has 0 bridgehead atoms. The highest BCUT2D eigenvalue weighted by Crippen LogP contribution is 2.44. The average molecular weight is 356 g/mol. The Balaban J connectivity index is 2.03. The molecule has 0 aliphatic heterocycles. The molecule has 5 heteroatoms. The molecule has 0 saturated carbocycles. The predicted molar refractivity (Wildman–Crippen MR) is 107 cm³/mol. The van der Waals surface area contributed by atoms with E-state index in [0.717, 1.165) is 31.1 Å². The lowest BCUT2D eigenvalue weighted by Crippen LogP contribution is -1.94. The Morgan fingerprint density at radius 3 is 2.38 bits per heavy atom. The van der Waals surface area contributed by atoms with Gasteiger partial charge in [-0.1, -0.05) is 48.5 Å². The normalized spacial score (nSPS) is 11.4. The van der Waals surface area contributed by atoms with E-state index in [1.165, 1.54) is 6.07 Å². The average Bonchev–Trinajstić information content (AvgIpc) is 3.07. The van der Waals surface area contributed by atoms with E-state index in [2.05, 4.69) is 18.2 Å². The first-order valence-electron chi connectivity index (χ1n) is 8.18. The van der Waals surface area contributed by atoms with Crippen LogP contribution in [0.4, 0.5) is 5.69 Å². The number of aromatic nitrogens is 1. The summed E-state index contributed by atoms with van der Waals surface area (Å²) in [6.45, 7) is 0. The first-order chi connectivity index (χ1) is 12.7. The number of nitro groups is 1. The Hall–Kier alpha value is -3.31. The molecule has 4 nitrogen and oxygen atoms in total. The van der Waals surface area contributed by atoms with Crippen LogP contribution in [0.25, 0.3) is 42.3 Å². The second kappa shape index (κ2) is 5.61. The van der Waals surface area contributed by atoms with Gasteiger partial charge in [0.1, 0.15) is 0 Å². The van der Waals surface area contributed by atoms with E-state index in [1.54, 1.807) is 23.5 Å². The fraction of sp³-hybridized carbons (Fsp3) is 0. The van der Waals surface area contributed by atoms with E-state index < -0.39 is 0 Å². The summed E-state index contributed by atoms with van der Waals surface area (Å²) in [7, 11) is 0. The Bertz CT molecular complexity index is 1320. The van der Waals surface area contributed by atoms with Crippen molar-refractivity contribution in [1.29, 1.82) is 0 Å². The molecule has 0 spiro atoms. The largest absolute Gasteiger partial charge is 0.278 e. The van der Waals surface area contributed by atoms with Crippen LogP contribution in [0.2, 0.25) is 0 Å². The third-order valence-corrected chi connectivity index (χ3v) is 5.77. The van der Waals surface area contributed by atoms with Gasteiger partial charge in [-0.05, 0) is 18.2 Å². The van der Waals surface area contributed by atoms with Crippen LogP contribution < -0.4 is 0 Å². The summed E-state index contributed by atoms with van der Waals surface area (Å²) in [5.41, 5.74) is 2.15. The molecule has 0 amide bonds. The smallest absolute Gasteiger partial charge is 0.258 e. The number of nitrogens with zero attached hydrogens (tertiary/aromatic N) is 2. The van der Waals surface area contributed by atoms with Gasteiger partial charge in [-0.3, -0.25) is 10.1 Å². The van der Waals surface area contributed by atoms with E-state index in [0.29, 0.717) is 11.3 Å². The first-order valence-corrected chi connectivity index (χ1v) is 8.99. The molecule has 0 aliphatic carbocycles. The number of para-hydroxylation sites is 2. The van der Waals surface area contributed by atoms with Crippen LogP contribution >= 0.6 is 11.3 Å². The summed E-state index contributed by atoms with van der Waals surface area (Å²) in [6, 6.07) is 22.9. The minimum atomic E-state index is -0.341. The standard InChI is InChI=1S/C21H12N2O2S/c24-23(25)17-11-5-2-8-14(17)20-19-15-9-3-6-12-18(15)26-21(19)13-7-1-4-10-16(13)22-20/h1-12H. The molecule has 0 saturated heterocycles. The maximum atomic E-state index is 11.6. The molecule has 0 radical (unpaired) electrons. The van der Waals surface area contributed by atoms with Crippen LogP contribution in [-0.4, -0.2) is 9.91 Å². The third-order valence-electron chi connectivity index (χ3n) is 4.57. The molecule has 26 heavy (non-hydrogen) atoms. The van der Waals surface area contributed by atoms with Crippen LogP contribution in [0.15, 0.2) is 72.8 Å². The van der Waals surface area contributed by atoms with Crippen LogP contribution in [-0.2, 0) is 0 Å². The molecule has 0 fully saturated rings. The highest BCUT2D eigenvalue weighted by molar-refractivity contribution is 7.26. The van der Waals surface area contributed by atoms with Crippen molar-refractivity contribution >= 4 is 48.1 Å². The van der Waals surface area contributed by atoms with Gasteiger partial charge in [0.25, 0.3) is 5.69 Å². The van der Waals surface area contributed by atoms with Crippen molar-refractivity contribution in [2.45, 2.75) is 0 Å². The van der Waals surface area contributed by atoms with Crippen LogP contribution in [0.1, 0.15) is 0 Å². The van der Waals surface area contributed by atoms with Crippen molar-refractivity contribution in [2.24, 2.45) is 0 Å². The monoisotopic (exact) mass is 356 g/mol. The van der Waals surface area contributed by atoms with E-state index in [1.807, 2.05) is 36.4 Å². The fourth-order valence-electron chi connectivity index (χ4n) is 3.44. The molecule has 2 aromatic heterocycles. The zero-order chi connectivity index (χ0) is 17.7. The van der Waals surface area contributed by atoms with Gasteiger partial charge < -0.3 is 0 Å². The fourth-order valence-corrected chi connectivity index (χ4v) is 4.68. The number of pyridine rings is 1. The number of thiophene rings is 1. The molecular weight excluding hydrogens is 344 g/mol. The number of benzene rings is 3. The van der Waals surface area contributed by atoms with Crippen LogP contribution in [0.3, 0.4) is 0 Å². The number of rotatable bonds is 2. The molecule has 0 aliphatic rings. The Labute approximate surface area is 152 Å². The minimum absolute atomic E-state index is 0.0758. The van der Waals surface area contributed by atoms with Crippen molar-refractivity contribution in [2.75, 3.05) is 0 Å². The van der Waals surface area contributed by atoms with Crippen molar-refractivity contribution in [3.63, 3.8) is 0 Å². The van der Waals surface area contributed by atoms with Crippen molar-refractivity contribution in [3.05, 3.63) is 82.9 Å². The van der Waals surface area contributed by atoms with Crippen LogP contribution in [0, 0.1) is 10.1 Å². The lowest BCUT2D eigenvalue weighted by molar-refractivity contribution is -0.384. The highest BCUT2D eigenvalue weighted by Gasteiger charge is 2.21. The quantitative estimate of drug-likeness (QED) is 0.280. The van der Waals surface area contributed by atoms with Gasteiger partial charge in [0.15, 0.2) is 0 Å². The molecule has 124 valence electrons. The van der Waals surface area contributed by atoms with Gasteiger partial charge in [0.05, 0.1) is 21.7 Å². The number of nitro benzene ring substituents is 1. The lowest BCUT2D eigenvalue weighted by Gasteiger charge is -2.08. The van der Waals surface area contributed by atoms with Gasteiger partial charge in [-0.15, -0.1) is 11.3 Å². The molecule has 2 heterocycles. The molecule has 3 aromatic carbocycles. The number of fused-ring (bicyclic) bond motifs is 5. The first kappa shape index (κ1) is 15.0. The third kappa shape index (κ3) is 2.11. The number of hydrogen-bond acceptors (Lipinski definition) is 4. The van der Waals surface area contributed by atoms with E-state index in [9.17, 15) is 10.1 Å². The summed E-state index contributed by atoms with van der Waals surface area (Å²) < 4.78 is 2.27. The Morgan fingerprint density at radius 1 is 0.846 bits per heavy atom. The number of hydrogen-bond donors (Lipinski definition) is 0. The van der Waals surface area contributed by atoms with Crippen molar-refractivity contribution in [1.82, 2.24) is 4.98 Å². The lowest BCUT2D eigenvalue weighted by atomic mass is 10.0. The zero-order valence-electron chi connectivity index (χ0n) is 13.5. The zero-order valence-corrected chi connectivity index (χ0v) is 14.4. The summed E-state index contributed by atoms with van der Waals surface area (Å²) in [5.74, 6) is 0. The second-order valence-corrected chi connectivity index (χ2v) is 7.11. The molecule has 0 atom stereocenters. The van der Waals surface area contributed by atoms with Gasteiger partial charge in [0, 0.05) is 31.6 Å². The summed E-state index contributed by atoms with van der Waals surface area (Å²) >= 11 is 1.70. The highest BCUT2D eigenvalue weighted by atomic mass is 32.1. The maximum Gasteiger partial charge on any atom is 0.278 e.